The molecule has 0 unspecified atom stereocenters. The zero-order valence-corrected chi connectivity index (χ0v) is 9.38. The number of aryl methyl sites for hydroxylation is 1. The summed E-state index contributed by atoms with van der Waals surface area (Å²) in [4.78, 5) is 3.06. The molecule has 2 aromatic rings. The molecule has 0 radical (unpaired) electrons. The summed E-state index contributed by atoms with van der Waals surface area (Å²) in [7, 11) is 1.55. The number of aromatic nitrogens is 1. The van der Waals surface area contributed by atoms with Crippen LogP contribution in [-0.4, -0.2) is 12.1 Å². The number of hydrogen-bond acceptors (Lipinski definition) is 1. The highest BCUT2D eigenvalue weighted by Gasteiger charge is 2.10. The third-order valence-corrected chi connectivity index (χ3v) is 2.67. The normalized spacial score (nSPS) is 10.4. The van der Waals surface area contributed by atoms with E-state index in [9.17, 15) is 4.39 Å². The molecule has 0 saturated carbocycles. The monoisotopic (exact) mass is 219 g/mol. The molecule has 0 aliphatic rings. The van der Waals surface area contributed by atoms with Gasteiger partial charge in [-0.15, -0.1) is 0 Å². The van der Waals surface area contributed by atoms with E-state index in [1.165, 1.54) is 17.7 Å². The molecule has 1 aromatic carbocycles. The predicted molar refractivity (Wildman–Crippen MR) is 62.1 cm³/mol. The molecule has 1 heterocycles. The standard InChI is InChI=1S/C13H14FNO/c1-3-9-7-15-8-12(9)11-5-4-10(14)6-13(11)16-2/h4-8,15H,3H2,1-2H3. The van der Waals surface area contributed by atoms with Gasteiger partial charge in [0, 0.05) is 29.6 Å². The SMILES string of the molecule is CCc1c[nH]cc1-c1ccc(F)cc1OC. The number of rotatable bonds is 3. The number of methoxy groups -OCH3 is 1. The summed E-state index contributed by atoms with van der Waals surface area (Å²) in [6.45, 7) is 2.09. The van der Waals surface area contributed by atoms with E-state index < -0.39 is 0 Å². The summed E-state index contributed by atoms with van der Waals surface area (Å²) in [6, 6.07) is 4.60. The van der Waals surface area contributed by atoms with Crippen LogP contribution in [0.1, 0.15) is 12.5 Å². The van der Waals surface area contributed by atoms with Gasteiger partial charge in [-0.25, -0.2) is 4.39 Å². The Labute approximate surface area is 94.1 Å². The van der Waals surface area contributed by atoms with E-state index in [-0.39, 0.29) is 5.82 Å². The van der Waals surface area contributed by atoms with Gasteiger partial charge < -0.3 is 9.72 Å². The molecule has 1 N–H and O–H groups in total. The molecule has 3 heteroatoms. The van der Waals surface area contributed by atoms with Gasteiger partial charge in [-0.1, -0.05) is 6.92 Å². The zero-order chi connectivity index (χ0) is 11.5. The van der Waals surface area contributed by atoms with Gasteiger partial charge >= 0.3 is 0 Å². The summed E-state index contributed by atoms with van der Waals surface area (Å²) < 4.78 is 18.3. The molecular weight excluding hydrogens is 205 g/mol. The van der Waals surface area contributed by atoms with Gasteiger partial charge in [0.1, 0.15) is 11.6 Å². The number of hydrogen-bond donors (Lipinski definition) is 1. The van der Waals surface area contributed by atoms with Gasteiger partial charge in [0.15, 0.2) is 0 Å². The molecule has 0 atom stereocenters. The van der Waals surface area contributed by atoms with Crippen LogP contribution in [0.5, 0.6) is 5.75 Å². The van der Waals surface area contributed by atoms with Crippen LogP contribution in [0.2, 0.25) is 0 Å². The summed E-state index contributed by atoms with van der Waals surface area (Å²) >= 11 is 0. The maximum Gasteiger partial charge on any atom is 0.129 e. The summed E-state index contributed by atoms with van der Waals surface area (Å²) in [5, 5.41) is 0. The van der Waals surface area contributed by atoms with E-state index in [1.807, 2.05) is 12.4 Å². The fraction of sp³-hybridized carbons (Fsp3) is 0.231. The van der Waals surface area contributed by atoms with Gasteiger partial charge in [0.25, 0.3) is 0 Å². The number of H-pyrrole nitrogens is 1. The first kappa shape index (κ1) is 10.7. The van der Waals surface area contributed by atoms with Crippen molar-refractivity contribution in [2.24, 2.45) is 0 Å². The number of aromatic amines is 1. The lowest BCUT2D eigenvalue weighted by Gasteiger charge is -2.08. The minimum atomic E-state index is -0.283. The molecule has 0 fully saturated rings. The Balaban J connectivity index is 2.55. The van der Waals surface area contributed by atoms with Crippen LogP contribution in [0, 0.1) is 5.82 Å². The second-order valence-electron chi connectivity index (χ2n) is 3.59. The first-order valence-electron chi connectivity index (χ1n) is 5.25. The van der Waals surface area contributed by atoms with Crippen LogP contribution in [0.15, 0.2) is 30.6 Å². The second kappa shape index (κ2) is 4.39. The third-order valence-electron chi connectivity index (χ3n) is 2.67. The minimum Gasteiger partial charge on any atom is -0.496 e. The van der Waals surface area contributed by atoms with E-state index in [0.29, 0.717) is 5.75 Å². The number of nitrogens with one attached hydrogen (secondary N) is 1. The van der Waals surface area contributed by atoms with Gasteiger partial charge in [-0.05, 0) is 24.1 Å². The van der Waals surface area contributed by atoms with Crippen LogP contribution in [-0.2, 0) is 6.42 Å². The molecule has 1 aromatic heterocycles. The summed E-state index contributed by atoms with van der Waals surface area (Å²) in [5.74, 6) is 0.281. The molecular formula is C13H14FNO. The van der Waals surface area contributed by atoms with Crippen LogP contribution < -0.4 is 4.74 Å². The third kappa shape index (κ3) is 1.81. The fourth-order valence-corrected chi connectivity index (χ4v) is 1.83. The Bertz CT molecular complexity index is 490. The maximum absolute atomic E-state index is 13.1. The second-order valence-corrected chi connectivity index (χ2v) is 3.59. The Hall–Kier alpha value is -1.77. The van der Waals surface area contributed by atoms with E-state index >= 15 is 0 Å². The van der Waals surface area contributed by atoms with Crippen molar-refractivity contribution in [1.82, 2.24) is 4.98 Å². The Morgan fingerprint density at radius 1 is 1.25 bits per heavy atom. The molecule has 84 valence electrons. The molecule has 0 aliphatic carbocycles. The molecule has 16 heavy (non-hydrogen) atoms. The quantitative estimate of drug-likeness (QED) is 0.840. The van der Waals surface area contributed by atoms with E-state index in [0.717, 1.165) is 17.5 Å². The zero-order valence-electron chi connectivity index (χ0n) is 9.38. The van der Waals surface area contributed by atoms with Gasteiger partial charge in [-0.3, -0.25) is 0 Å². The lowest BCUT2D eigenvalue weighted by Crippen LogP contribution is -1.90. The Kier molecular flexibility index (Phi) is 2.95. The van der Waals surface area contributed by atoms with Crippen molar-refractivity contribution in [3.05, 3.63) is 42.0 Å². The van der Waals surface area contributed by atoms with E-state index in [4.69, 9.17) is 4.74 Å². The molecule has 0 bridgehead atoms. The first-order valence-corrected chi connectivity index (χ1v) is 5.25. The van der Waals surface area contributed by atoms with Crippen LogP contribution >= 0.6 is 0 Å². The largest absolute Gasteiger partial charge is 0.496 e. The average molecular weight is 219 g/mol. The highest BCUT2D eigenvalue weighted by molar-refractivity contribution is 5.73. The van der Waals surface area contributed by atoms with Crippen molar-refractivity contribution in [2.45, 2.75) is 13.3 Å². The van der Waals surface area contributed by atoms with Crippen molar-refractivity contribution < 1.29 is 9.13 Å². The average Bonchev–Trinajstić information content (AvgIpc) is 2.76. The smallest absolute Gasteiger partial charge is 0.129 e. The molecule has 2 nitrogen and oxygen atoms in total. The number of ether oxygens (including phenoxy) is 1. The summed E-state index contributed by atoms with van der Waals surface area (Å²) in [6.07, 6.45) is 4.80. The van der Waals surface area contributed by atoms with E-state index in [1.54, 1.807) is 13.2 Å². The lowest BCUT2D eigenvalue weighted by molar-refractivity contribution is 0.413. The van der Waals surface area contributed by atoms with Crippen molar-refractivity contribution in [2.75, 3.05) is 7.11 Å². The molecule has 0 spiro atoms. The van der Waals surface area contributed by atoms with Crippen LogP contribution in [0.4, 0.5) is 4.39 Å². The molecule has 0 saturated heterocycles. The highest BCUT2D eigenvalue weighted by Crippen LogP contribution is 2.32. The van der Waals surface area contributed by atoms with Crippen LogP contribution in [0.25, 0.3) is 11.1 Å². The van der Waals surface area contributed by atoms with Crippen molar-refractivity contribution in [3.8, 4) is 16.9 Å². The topological polar surface area (TPSA) is 25.0 Å². The summed E-state index contributed by atoms with van der Waals surface area (Å²) in [5.41, 5.74) is 3.19. The van der Waals surface area contributed by atoms with Gasteiger partial charge in [0.05, 0.1) is 7.11 Å². The highest BCUT2D eigenvalue weighted by atomic mass is 19.1. The van der Waals surface area contributed by atoms with Gasteiger partial charge in [-0.2, -0.15) is 0 Å². The van der Waals surface area contributed by atoms with Crippen molar-refractivity contribution in [3.63, 3.8) is 0 Å². The molecule has 0 amide bonds. The molecule has 2 rings (SSSR count). The van der Waals surface area contributed by atoms with Crippen molar-refractivity contribution in [1.29, 1.82) is 0 Å². The minimum absolute atomic E-state index is 0.283. The Morgan fingerprint density at radius 3 is 2.75 bits per heavy atom. The number of halogens is 1. The first-order chi connectivity index (χ1) is 7.76. The number of benzene rings is 1. The predicted octanol–water partition coefficient (Wildman–Crippen LogP) is 3.39. The van der Waals surface area contributed by atoms with E-state index in [2.05, 4.69) is 11.9 Å². The van der Waals surface area contributed by atoms with Gasteiger partial charge in [0.2, 0.25) is 0 Å². The van der Waals surface area contributed by atoms with Crippen LogP contribution in [0.3, 0.4) is 0 Å². The fourth-order valence-electron chi connectivity index (χ4n) is 1.83. The molecule has 0 aliphatic heterocycles. The van der Waals surface area contributed by atoms with Crippen molar-refractivity contribution >= 4 is 0 Å². The Morgan fingerprint density at radius 2 is 2.06 bits per heavy atom. The maximum atomic E-state index is 13.1. The lowest BCUT2D eigenvalue weighted by atomic mass is 10.0.